The summed E-state index contributed by atoms with van der Waals surface area (Å²) in [5.41, 5.74) is 2.58. The van der Waals surface area contributed by atoms with Crippen molar-refractivity contribution >= 4 is 73.1 Å². The first-order chi connectivity index (χ1) is 17.8. The number of hydrogen-bond donors (Lipinski definition) is 2. The van der Waals surface area contributed by atoms with Crippen molar-refractivity contribution in [3.05, 3.63) is 105 Å². The van der Waals surface area contributed by atoms with Crippen LogP contribution in [-0.2, 0) is 9.59 Å². The van der Waals surface area contributed by atoms with Crippen molar-refractivity contribution in [3.8, 4) is 11.3 Å². The van der Waals surface area contributed by atoms with E-state index in [1.54, 1.807) is 24.3 Å². The lowest BCUT2D eigenvalue weighted by Crippen LogP contribution is -2.32. The Morgan fingerprint density at radius 2 is 1.62 bits per heavy atom. The van der Waals surface area contributed by atoms with Crippen LogP contribution in [0.5, 0.6) is 0 Å². The van der Waals surface area contributed by atoms with E-state index in [1.165, 1.54) is 23.5 Å². The van der Waals surface area contributed by atoms with Gasteiger partial charge in [0.15, 0.2) is 5.13 Å². The van der Waals surface area contributed by atoms with E-state index in [-0.39, 0.29) is 22.3 Å². The second-order valence-corrected chi connectivity index (χ2v) is 9.96. The van der Waals surface area contributed by atoms with E-state index in [1.807, 2.05) is 29.6 Å². The fourth-order valence-electron chi connectivity index (χ4n) is 3.54. The maximum absolute atomic E-state index is 13.2. The highest BCUT2D eigenvalue weighted by atomic mass is 79.9. The molecule has 11 heteroatoms. The van der Waals surface area contributed by atoms with Crippen LogP contribution in [0.1, 0.15) is 10.4 Å². The molecule has 2 N–H and O–H groups in total. The molecule has 0 saturated heterocycles. The Kier molecular flexibility index (Phi) is 6.88. The zero-order valence-electron chi connectivity index (χ0n) is 18.7. The summed E-state index contributed by atoms with van der Waals surface area (Å²) in [5, 5.41) is 7.64. The van der Waals surface area contributed by atoms with E-state index < -0.39 is 17.6 Å². The van der Waals surface area contributed by atoms with Crippen molar-refractivity contribution in [1.82, 2.24) is 4.98 Å². The van der Waals surface area contributed by atoms with Crippen LogP contribution in [0.15, 0.2) is 93.4 Å². The molecule has 1 aliphatic heterocycles. The van der Waals surface area contributed by atoms with Gasteiger partial charge >= 0.3 is 0 Å². The molecule has 4 aromatic rings. The summed E-state index contributed by atoms with van der Waals surface area (Å²) in [6.07, 6.45) is 0. The van der Waals surface area contributed by atoms with Crippen LogP contribution in [0.2, 0.25) is 0 Å². The number of carbonyl (C=O) groups is 3. The van der Waals surface area contributed by atoms with E-state index in [0.29, 0.717) is 16.4 Å². The number of thiazole rings is 1. The summed E-state index contributed by atoms with van der Waals surface area (Å²) in [4.78, 5) is 43.4. The van der Waals surface area contributed by atoms with Gasteiger partial charge in [0.1, 0.15) is 16.5 Å². The first-order valence-electron chi connectivity index (χ1n) is 10.7. The summed E-state index contributed by atoms with van der Waals surface area (Å²) >= 11 is 10.8. The number of anilines is 3. The smallest absolute Gasteiger partial charge is 0.283 e. The van der Waals surface area contributed by atoms with E-state index >= 15 is 0 Å². The third-order valence-electron chi connectivity index (χ3n) is 5.39. The summed E-state index contributed by atoms with van der Waals surface area (Å²) in [6, 6.07) is 18.9. The van der Waals surface area contributed by atoms with Crippen molar-refractivity contribution < 1.29 is 18.8 Å². The molecule has 0 bridgehead atoms. The first-order valence-corrected chi connectivity index (χ1v) is 12.8. The van der Waals surface area contributed by atoms with Crippen molar-refractivity contribution in [2.75, 3.05) is 15.5 Å². The van der Waals surface area contributed by atoms with Gasteiger partial charge in [-0.15, -0.1) is 11.3 Å². The van der Waals surface area contributed by atoms with Gasteiger partial charge in [-0.25, -0.2) is 14.3 Å². The average Bonchev–Trinajstić information content (AvgIpc) is 3.44. The van der Waals surface area contributed by atoms with Gasteiger partial charge < -0.3 is 5.32 Å². The number of carbonyl (C=O) groups excluding carboxylic acids is 3. The van der Waals surface area contributed by atoms with Crippen molar-refractivity contribution in [2.24, 2.45) is 0 Å². The van der Waals surface area contributed by atoms with Gasteiger partial charge in [-0.2, -0.15) is 0 Å². The van der Waals surface area contributed by atoms with Crippen LogP contribution < -0.4 is 15.5 Å². The number of nitrogens with zero attached hydrogens (tertiary/aromatic N) is 2. The van der Waals surface area contributed by atoms with Gasteiger partial charge in [-0.05, 0) is 60.7 Å². The lowest BCUT2D eigenvalue weighted by molar-refractivity contribution is -0.120. The van der Waals surface area contributed by atoms with E-state index in [0.717, 1.165) is 32.8 Å². The number of benzene rings is 3. The van der Waals surface area contributed by atoms with E-state index in [2.05, 4.69) is 31.5 Å². The number of nitrogens with one attached hydrogen (secondary N) is 2. The zero-order chi connectivity index (χ0) is 26.1. The largest absolute Gasteiger partial charge is 0.350 e. The maximum atomic E-state index is 13.2. The predicted molar refractivity (Wildman–Crippen MR) is 145 cm³/mol. The molecule has 184 valence electrons. The molecule has 0 atom stereocenters. The maximum Gasteiger partial charge on any atom is 0.283 e. The minimum absolute atomic E-state index is 0.114. The lowest BCUT2D eigenvalue weighted by atomic mass is 10.2. The van der Waals surface area contributed by atoms with Gasteiger partial charge in [0.05, 0.1) is 11.4 Å². The summed E-state index contributed by atoms with van der Waals surface area (Å²) in [7, 11) is 0. The van der Waals surface area contributed by atoms with Crippen molar-refractivity contribution in [2.45, 2.75) is 0 Å². The van der Waals surface area contributed by atoms with Crippen LogP contribution in [-0.4, -0.2) is 22.7 Å². The van der Waals surface area contributed by atoms with Crippen LogP contribution in [0.4, 0.5) is 20.9 Å². The van der Waals surface area contributed by atoms with Crippen LogP contribution >= 0.6 is 38.9 Å². The molecule has 1 aromatic heterocycles. The topological polar surface area (TPSA) is 91.4 Å². The van der Waals surface area contributed by atoms with Gasteiger partial charge in [0.2, 0.25) is 0 Å². The molecule has 1 aliphatic rings. The SMILES string of the molecule is O=C(Nc1nc(-c2ccc(Br)cc2)cs1)c1ccc(NC2=C(Cl)C(=O)N(c3ccc(F)cc3)C2=O)cc1. The third kappa shape index (κ3) is 5.17. The molecule has 2 heterocycles. The molecule has 0 aliphatic carbocycles. The zero-order valence-corrected chi connectivity index (χ0v) is 21.8. The third-order valence-corrected chi connectivity index (χ3v) is 7.03. The average molecular weight is 598 g/mol. The molecular formula is C26H15BrClFN4O3S. The number of rotatable bonds is 6. The van der Waals surface area contributed by atoms with Crippen LogP contribution in [0.25, 0.3) is 11.3 Å². The quantitative estimate of drug-likeness (QED) is 0.251. The Morgan fingerprint density at radius 1 is 0.946 bits per heavy atom. The summed E-state index contributed by atoms with van der Waals surface area (Å²) in [5.74, 6) is -2.24. The normalized spacial score (nSPS) is 13.3. The standard InChI is InChI=1S/C26H15BrClFN4O3S/c27-16-5-1-14(2-6-16)20-13-37-26(31-20)32-23(34)15-3-9-18(10-4-15)30-22-21(28)24(35)33(25(22)36)19-11-7-17(29)8-12-19/h1-13,30H,(H,31,32,34). The highest BCUT2D eigenvalue weighted by molar-refractivity contribution is 9.10. The molecule has 7 nitrogen and oxygen atoms in total. The van der Waals surface area contributed by atoms with Gasteiger partial charge in [0, 0.05) is 26.7 Å². The molecule has 0 fully saturated rings. The van der Waals surface area contributed by atoms with E-state index in [9.17, 15) is 18.8 Å². The monoisotopic (exact) mass is 596 g/mol. The van der Waals surface area contributed by atoms with Gasteiger partial charge in [-0.3, -0.25) is 19.7 Å². The molecule has 0 unspecified atom stereocenters. The number of halogens is 3. The van der Waals surface area contributed by atoms with Crippen LogP contribution in [0.3, 0.4) is 0 Å². The molecule has 37 heavy (non-hydrogen) atoms. The van der Waals surface area contributed by atoms with Crippen LogP contribution in [0, 0.1) is 5.82 Å². The molecule has 5 rings (SSSR count). The predicted octanol–water partition coefficient (Wildman–Crippen LogP) is 6.40. The summed E-state index contributed by atoms with van der Waals surface area (Å²) < 4.78 is 14.2. The second-order valence-electron chi connectivity index (χ2n) is 7.81. The lowest BCUT2D eigenvalue weighted by Gasteiger charge is -2.15. The fraction of sp³-hybridized carbons (Fsp3) is 0. The molecule has 0 spiro atoms. The molecule has 0 radical (unpaired) electrons. The number of imide groups is 1. The molecule has 3 aromatic carbocycles. The number of amides is 3. The first kappa shape index (κ1) is 24.8. The Morgan fingerprint density at radius 3 is 2.30 bits per heavy atom. The van der Waals surface area contributed by atoms with Gasteiger partial charge in [0.25, 0.3) is 17.7 Å². The Hall–Kier alpha value is -3.86. The summed E-state index contributed by atoms with van der Waals surface area (Å²) in [6.45, 7) is 0. The highest BCUT2D eigenvalue weighted by Gasteiger charge is 2.39. The Labute approximate surface area is 227 Å². The van der Waals surface area contributed by atoms with E-state index in [4.69, 9.17) is 11.6 Å². The fourth-order valence-corrected chi connectivity index (χ4v) is 4.73. The Balaban J connectivity index is 1.25. The minimum atomic E-state index is -0.720. The number of hydrogen-bond acceptors (Lipinski definition) is 6. The Bertz CT molecular complexity index is 1550. The second kappa shape index (κ2) is 10.3. The highest BCUT2D eigenvalue weighted by Crippen LogP contribution is 2.30. The minimum Gasteiger partial charge on any atom is -0.350 e. The van der Waals surface area contributed by atoms with Crippen molar-refractivity contribution in [1.29, 1.82) is 0 Å². The number of aromatic nitrogens is 1. The molecule has 3 amide bonds. The molecule has 0 saturated carbocycles. The van der Waals surface area contributed by atoms with Crippen molar-refractivity contribution in [3.63, 3.8) is 0 Å². The molecular weight excluding hydrogens is 583 g/mol. The van der Waals surface area contributed by atoms with Gasteiger partial charge in [-0.1, -0.05) is 39.7 Å².